The number of carbonyl (C=O) groups excluding carboxylic acids is 6. The molecule has 3 atom stereocenters. The number of hydrogen-bond donors (Lipinski definition) is 3. The number of ether oxygens (including phenoxy) is 1. The lowest BCUT2D eigenvalue weighted by atomic mass is 10.0. The van der Waals surface area contributed by atoms with Crippen LogP contribution < -0.4 is 10.6 Å². The molecule has 2 unspecified atom stereocenters. The summed E-state index contributed by atoms with van der Waals surface area (Å²) in [4.78, 5) is 87.4. The van der Waals surface area contributed by atoms with Crippen molar-refractivity contribution in [1.82, 2.24) is 20.7 Å². The van der Waals surface area contributed by atoms with Crippen molar-refractivity contribution in [3.63, 3.8) is 0 Å². The Hall–Kier alpha value is -3.71. The van der Waals surface area contributed by atoms with Gasteiger partial charge < -0.3 is 20.5 Å². The van der Waals surface area contributed by atoms with E-state index in [2.05, 4.69) is 10.6 Å². The molecule has 0 bridgehead atoms. The van der Waals surface area contributed by atoms with Crippen LogP contribution in [0.15, 0.2) is 18.2 Å². The van der Waals surface area contributed by atoms with Crippen LogP contribution in [-0.2, 0) is 33.5 Å². The van der Waals surface area contributed by atoms with Crippen LogP contribution in [0.5, 0.6) is 0 Å². The van der Waals surface area contributed by atoms with E-state index in [0.29, 0.717) is 6.42 Å². The second-order valence-corrected chi connectivity index (χ2v) is 9.76. The summed E-state index contributed by atoms with van der Waals surface area (Å²) in [6.45, 7) is 0.479. The summed E-state index contributed by atoms with van der Waals surface area (Å²) >= 11 is 11.9. The van der Waals surface area contributed by atoms with Crippen LogP contribution in [0.1, 0.15) is 49.4 Å². The number of carbonyl (C=O) groups is 7. The molecule has 1 aromatic carbocycles. The molecule has 3 N–H and O–H groups in total. The van der Waals surface area contributed by atoms with E-state index >= 15 is 0 Å². The van der Waals surface area contributed by atoms with E-state index in [-0.39, 0.29) is 41.4 Å². The molecule has 0 aliphatic carbocycles. The Morgan fingerprint density at radius 1 is 1.13 bits per heavy atom. The molecule has 3 rings (SSSR count). The fraction of sp³-hybridized carbons (Fsp3) is 0.458. The van der Waals surface area contributed by atoms with Gasteiger partial charge in [0, 0.05) is 19.9 Å². The Labute approximate surface area is 232 Å². The molecule has 2 fully saturated rings. The quantitative estimate of drug-likeness (QED) is 0.352. The zero-order valence-electron chi connectivity index (χ0n) is 20.8. The van der Waals surface area contributed by atoms with Gasteiger partial charge in [0.1, 0.15) is 18.1 Å². The molecule has 1 aromatic rings. The Bertz CT molecular complexity index is 1190. The SMILES string of the molecule is CC(=O)N[C@H]1CCC(=O)N2CCCC(C(=O)NC(CC(=O)O)C(=O)COC(=O)c3c(Cl)cccc3Cl)N2C1=O. The second-order valence-electron chi connectivity index (χ2n) is 8.95. The van der Waals surface area contributed by atoms with Crippen molar-refractivity contribution in [1.29, 1.82) is 0 Å². The molecule has 39 heavy (non-hydrogen) atoms. The predicted octanol–water partition coefficient (Wildman–Crippen LogP) is 0.712. The standard InChI is InChI=1S/C24H26Cl2N4O9/c1-12(31)27-15-7-8-19(33)29-9-3-6-17(30(29)23(15)37)22(36)28-16(10-20(34)35)18(32)11-39-24(38)21-13(25)4-2-5-14(21)26/h2,4-5,15-17H,3,6-11H2,1H3,(H,27,31)(H,28,36)(H,34,35)/t15-,16?,17?/m0/s1. The fourth-order valence-corrected chi connectivity index (χ4v) is 4.89. The van der Waals surface area contributed by atoms with Gasteiger partial charge in [0.05, 0.1) is 22.0 Å². The van der Waals surface area contributed by atoms with Crippen molar-refractivity contribution in [2.24, 2.45) is 0 Å². The summed E-state index contributed by atoms with van der Waals surface area (Å²) < 4.78 is 4.97. The summed E-state index contributed by atoms with van der Waals surface area (Å²) in [5.74, 6) is -5.87. The number of ketones is 1. The second kappa shape index (κ2) is 12.9. The Morgan fingerprint density at radius 3 is 2.41 bits per heavy atom. The average Bonchev–Trinajstić information content (AvgIpc) is 2.98. The lowest BCUT2D eigenvalue weighted by Gasteiger charge is -2.43. The third-order valence-electron chi connectivity index (χ3n) is 6.14. The Balaban J connectivity index is 1.76. The number of nitrogens with one attached hydrogen (secondary N) is 2. The van der Waals surface area contributed by atoms with E-state index in [0.717, 1.165) is 10.0 Å². The van der Waals surface area contributed by atoms with Crippen LogP contribution in [0, 0.1) is 0 Å². The number of nitrogens with zero attached hydrogens (tertiary/aromatic N) is 2. The fourth-order valence-electron chi connectivity index (χ4n) is 4.34. The largest absolute Gasteiger partial charge is 0.481 e. The minimum absolute atomic E-state index is 0.0218. The average molecular weight is 585 g/mol. The summed E-state index contributed by atoms with van der Waals surface area (Å²) in [5.41, 5.74) is -0.187. The molecule has 2 aliphatic heterocycles. The topological polar surface area (TPSA) is 179 Å². The molecule has 0 saturated carbocycles. The molecular weight excluding hydrogens is 559 g/mol. The number of halogens is 2. The highest BCUT2D eigenvalue weighted by Gasteiger charge is 2.45. The van der Waals surface area contributed by atoms with E-state index in [4.69, 9.17) is 27.9 Å². The minimum Gasteiger partial charge on any atom is -0.481 e. The van der Waals surface area contributed by atoms with Crippen LogP contribution in [-0.4, -0.2) is 87.8 Å². The zero-order valence-corrected chi connectivity index (χ0v) is 22.3. The van der Waals surface area contributed by atoms with Crippen LogP contribution in [0.4, 0.5) is 0 Å². The van der Waals surface area contributed by atoms with Gasteiger partial charge in [-0.3, -0.25) is 33.8 Å². The number of hydrogen-bond acceptors (Lipinski definition) is 8. The third kappa shape index (κ3) is 7.24. The molecule has 13 nitrogen and oxygen atoms in total. The maximum Gasteiger partial charge on any atom is 0.341 e. The number of carboxylic acids is 1. The molecule has 0 aromatic heterocycles. The smallest absolute Gasteiger partial charge is 0.341 e. The van der Waals surface area contributed by atoms with Gasteiger partial charge in [-0.05, 0) is 31.4 Å². The summed E-state index contributed by atoms with van der Waals surface area (Å²) in [7, 11) is 0. The first-order valence-electron chi connectivity index (χ1n) is 12.0. The first-order chi connectivity index (χ1) is 18.4. The first-order valence-corrected chi connectivity index (χ1v) is 12.7. The van der Waals surface area contributed by atoms with E-state index < -0.39 is 72.5 Å². The Kier molecular flexibility index (Phi) is 9.86. The summed E-state index contributed by atoms with van der Waals surface area (Å²) in [6.07, 6.45) is -0.372. The highest BCUT2D eigenvalue weighted by atomic mass is 35.5. The minimum atomic E-state index is -1.62. The van der Waals surface area contributed by atoms with Crippen molar-refractivity contribution >= 4 is 64.6 Å². The number of fused-ring (bicyclic) bond motifs is 1. The van der Waals surface area contributed by atoms with Crippen molar-refractivity contribution in [3.05, 3.63) is 33.8 Å². The van der Waals surface area contributed by atoms with Gasteiger partial charge in [0.2, 0.25) is 17.7 Å². The van der Waals surface area contributed by atoms with Gasteiger partial charge in [-0.1, -0.05) is 29.3 Å². The normalized spacial score (nSPS) is 19.9. The van der Waals surface area contributed by atoms with Crippen LogP contribution in [0.2, 0.25) is 10.0 Å². The first kappa shape index (κ1) is 29.8. The molecule has 2 saturated heterocycles. The predicted molar refractivity (Wildman–Crippen MR) is 134 cm³/mol. The summed E-state index contributed by atoms with van der Waals surface area (Å²) in [5, 5.41) is 16.2. The van der Waals surface area contributed by atoms with Crippen LogP contribution >= 0.6 is 23.2 Å². The van der Waals surface area contributed by atoms with Crippen LogP contribution in [0.3, 0.4) is 0 Å². The van der Waals surface area contributed by atoms with Gasteiger partial charge in [0.15, 0.2) is 12.4 Å². The molecule has 0 radical (unpaired) electrons. The van der Waals surface area contributed by atoms with E-state index in [1.54, 1.807) is 0 Å². The van der Waals surface area contributed by atoms with Gasteiger partial charge in [0.25, 0.3) is 5.91 Å². The molecule has 4 amide bonds. The maximum atomic E-state index is 13.3. The highest BCUT2D eigenvalue weighted by molar-refractivity contribution is 6.39. The van der Waals surface area contributed by atoms with Crippen molar-refractivity contribution in [2.75, 3.05) is 13.2 Å². The maximum absolute atomic E-state index is 13.3. The van der Waals surface area contributed by atoms with E-state index in [9.17, 15) is 38.7 Å². The molecule has 2 heterocycles. The number of aliphatic carboxylic acids is 1. The number of carboxylic acid groups (broad SMARTS) is 1. The Morgan fingerprint density at radius 2 is 1.79 bits per heavy atom. The number of rotatable bonds is 9. The number of Topliss-reactive ketones (excluding diaryl/α,β-unsaturated/α-hetero) is 1. The molecule has 15 heteroatoms. The number of amides is 4. The summed E-state index contributed by atoms with van der Waals surface area (Å²) in [6, 6.07) is 0.355. The van der Waals surface area contributed by atoms with Crippen molar-refractivity contribution < 1.29 is 43.4 Å². The molecule has 210 valence electrons. The van der Waals surface area contributed by atoms with Crippen molar-refractivity contribution in [3.8, 4) is 0 Å². The van der Waals surface area contributed by atoms with Gasteiger partial charge in [-0.2, -0.15) is 0 Å². The number of hydrazine groups is 1. The number of benzene rings is 1. The van der Waals surface area contributed by atoms with Gasteiger partial charge in [-0.25, -0.2) is 9.80 Å². The van der Waals surface area contributed by atoms with E-state index in [1.807, 2.05) is 0 Å². The lowest BCUT2D eigenvalue weighted by molar-refractivity contribution is -0.176. The van der Waals surface area contributed by atoms with Gasteiger partial charge >= 0.3 is 11.9 Å². The zero-order chi connectivity index (χ0) is 28.9. The van der Waals surface area contributed by atoms with Crippen molar-refractivity contribution in [2.45, 2.75) is 57.2 Å². The molecule has 0 spiro atoms. The monoisotopic (exact) mass is 584 g/mol. The third-order valence-corrected chi connectivity index (χ3v) is 6.77. The number of esters is 1. The van der Waals surface area contributed by atoms with Crippen LogP contribution in [0.25, 0.3) is 0 Å². The lowest BCUT2D eigenvalue weighted by Crippen LogP contribution is -2.64. The highest BCUT2D eigenvalue weighted by Crippen LogP contribution is 2.26. The molecular formula is C24H26Cl2N4O9. The van der Waals surface area contributed by atoms with Gasteiger partial charge in [-0.15, -0.1) is 0 Å². The molecule has 2 aliphatic rings. The van der Waals surface area contributed by atoms with E-state index in [1.165, 1.54) is 25.1 Å².